The van der Waals surface area contributed by atoms with Gasteiger partial charge in [-0.1, -0.05) is 143 Å². The minimum atomic E-state index is -0.0576. The molecule has 2 nitrogen and oxygen atoms in total. The predicted molar refractivity (Wildman–Crippen MR) is 124 cm³/mol. The molecule has 0 saturated heterocycles. The average Bonchev–Trinajstić information content (AvgIpc) is 2.68. The molecule has 0 saturated carbocycles. The van der Waals surface area contributed by atoms with E-state index < -0.39 is 0 Å². The van der Waals surface area contributed by atoms with Crippen LogP contribution in [-0.2, 0) is 9.53 Å². The van der Waals surface area contributed by atoms with Crippen molar-refractivity contribution in [3.8, 4) is 0 Å². The lowest BCUT2D eigenvalue weighted by atomic mass is 10.0. The zero-order valence-corrected chi connectivity index (χ0v) is 19.7. The van der Waals surface area contributed by atoms with Crippen molar-refractivity contribution in [3.05, 3.63) is 0 Å². The van der Waals surface area contributed by atoms with E-state index in [0.717, 1.165) is 6.42 Å². The highest BCUT2D eigenvalue weighted by atomic mass is 16.5. The molecule has 0 N–H and O–H groups in total. The second-order valence-electron chi connectivity index (χ2n) is 9.04. The van der Waals surface area contributed by atoms with Gasteiger partial charge < -0.3 is 4.74 Å². The summed E-state index contributed by atoms with van der Waals surface area (Å²) in [6.07, 6.45) is 27.9. The van der Waals surface area contributed by atoms with Gasteiger partial charge in [0.05, 0.1) is 12.5 Å². The van der Waals surface area contributed by atoms with Crippen molar-refractivity contribution in [2.45, 2.75) is 149 Å². The Balaban J connectivity index is 3.04. The van der Waals surface area contributed by atoms with Crippen LogP contribution in [0.5, 0.6) is 0 Å². The molecule has 0 aromatic rings. The van der Waals surface area contributed by atoms with Gasteiger partial charge in [0.15, 0.2) is 0 Å². The summed E-state index contributed by atoms with van der Waals surface area (Å²) in [5.74, 6) is -0.0529. The minimum Gasteiger partial charge on any atom is -0.465 e. The first-order chi connectivity index (χ1) is 13.7. The first kappa shape index (κ1) is 27.5. The predicted octanol–water partition coefficient (Wildman–Crippen LogP) is 9.01. The van der Waals surface area contributed by atoms with Crippen LogP contribution in [0.3, 0.4) is 0 Å². The summed E-state index contributed by atoms with van der Waals surface area (Å²) in [6.45, 7) is 6.68. The van der Waals surface area contributed by atoms with E-state index >= 15 is 0 Å². The molecule has 0 unspecified atom stereocenters. The van der Waals surface area contributed by atoms with Crippen LogP contribution in [0.15, 0.2) is 0 Å². The normalized spacial score (nSPS) is 11.3. The molecule has 0 fully saturated rings. The maximum absolute atomic E-state index is 11.3. The Morgan fingerprint density at radius 3 is 1.11 bits per heavy atom. The van der Waals surface area contributed by atoms with E-state index in [0.29, 0.717) is 6.61 Å². The molecule has 0 rings (SSSR count). The third-order valence-corrected chi connectivity index (χ3v) is 5.71. The van der Waals surface area contributed by atoms with Crippen molar-refractivity contribution in [3.63, 3.8) is 0 Å². The number of unbranched alkanes of at least 4 members (excludes halogenated alkanes) is 19. The average molecular weight is 397 g/mol. The molecule has 0 aliphatic rings. The zero-order valence-electron chi connectivity index (χ0n) is 19.7. The van der Waals surface area contributed by atoms with Crippen LogP contribution in [-0.4, -0.2) is 12.6 Å². The van der Waals surface area contributed by atoms with Gasteiger partial charge in [0.1, 0.15) is 0 Å². The van der Waals surface area contributed by atoms with Gasteiger partial charge in [-0.05, 0) is 6.42 Å². The molecule has 0 aliphatic carbocycles. The fourth-order valence-corrected chi connectivity index (χ4v) is 3.70. The fraction of sp³-hybridized carbons (Fsp3) is 0.962. The van der Waals surface area contributed by atoms with Crippen molar-refractivity contribution >= 4 is 5.97 Å². The van der Waals surface area contributed by atoms with Gasteiger partial charge in [-0.2, -0.15) is 0 Å². The molecule has 0 aromatic carbocycles. The second kappa shape index (κ2) is 22.8. The lowest BCUT2D eigenvalue weighted by Crippen LogP contribution is -2.12. The van der Waals surface area contributed by atoms with Gasteiger partial charge in [-0.25, -0.2) is 0 Å². The first-order valence-electron chi connectivity index (χ1n) is 12.8. The molecule has 28 heavy (non-hydrogen) atoms. The quantitative estimate of drug-likeness (QED) is 0.135. The molecule has 0 aromatic heterocycles. The van der Waals surface area contributed by atoms with E-state index in [2.05, 4.69) is 6.92 Å². The van der Waals surface area contributed by atoms with E-state index in [4.69, 9.17) is 4.74 Å². The van der Waals surface area contributed by atoms with Crippen LogP contribution in [0.1, 0.15) is 149 Å². The Morgan fingerprint density at radius 1 is 0.536 bits per heavy atom. The van der Waals surface area contributed by atoms with Crippen molar-refractivity contribution in [2.75, 3.05) is 6.61 Å². The number of carbonyl (C=O) groups excluding carboxylic acids is 1. The Morgan fingerprint density at radius 2 is 0.821 bits per heavy atom. The molecule has 2 heteroatoms. The number of hydrogen-bond donors (Lipinski definition) is 0. The molecule has 0 atom stereocenters. The summed E-state index contributed by atoms with van der Waals surface area (Å²) in [5.41, 5.74) is 0. The number of carbonyl (C=O) groups is 1. The molecular formula is C26H52O2. The van der Waals surface area contributed by atoms with Gasteiger partial charge in [-0.15, -0.1) is 0 Å². The summed E-state index contributed by atoms with van der Waals surface area (Å²) in [5, 5.41) is 0. The van der Waals surface area contributed by atoms with E-state index in [1.165, 1.54) is 122 Å². The van der Waals surface area contributed by atoms with Crippen molar-refractivity contribution in [2.24, 2.45) is 5.92 Å². The Hall–Kier alpha value is -0.530. The van der Waals surface area contributed by atoms with Gasteiger partial charge in [0, 0.05) is 0 Å². The van der Waals surface area contributed by atoms with Crippen molar-refractivity contribution < 1.29 is 9.53 Å². The number of ether oxygens (including phenoxy) is 1. The Bertz CT molecular complexity index is 312. The molecular weight excluding hydrogens is 344 g/mol. The third kappa shape index (κ3) is 21.8. The highest BCUT2D eigenvalue weighted by molar-refractivity contribution is 5.71. The summed E-state index contributed by atoms with van der Waals surface area (Å²) >= 11 is 0. The molecule has 0 bridgehead atoms. The number of hydrogen-bond acceptors (Lipinski definition) is 2. The largest absolute Gasteiger partial charge is 0.465 e. The minimum absolute atomic E-state index is 0.00473. The number of esters is 1. The molecule has 0 aliphatic heterocycles. The highest BCUT2D eigenvalue weighted by Gasteiger charge is 2.06. The van der Waals surface area contributed by atoms with Crippen molar-refractivity contribution in [1.82, 2.24) is 0 Å². The lowest BCUT2D eigenvalue weighted by Gasteiger charge is -2.06. The Labute approximate surface area is 177 Å². The van der Waals surface area contributed by atoms with Crippen LogP contribution in [0.25, 0.3) is 0 Å². The van der Waals surface area contributed by atoms with E-state index in [9.17, 15) is 4.79 Å². The van der Waals surface area contributed by atoms with Gasteiger partial charge in [-0.3, -0.25) is 4.79 Å². The van der Waals surface area contributed by atoms with Crippen molar-refractivity contribution in [1.29, 1.82) is 0 Å². The van der Waals surface area contributed by atoms with E-state index in [1.807, 2.05) is 13.8 Å². The lowest BCUT2D eigenvalue weighted by molar-refractivity contribution is -0.147. The molecule has 0 amide bonds. The standard InChI is InChI=1S/C26H52O2/c1-4-5-6-7-8-9-10-11-12-13-14-15-16-17-18-19-20-21-22-23-24-28-26(27)25(2)3/h25H,4-24H2,1-3H3. The third-order valence-electron chi connectivity index (χ3n) is 5.71. The smallest absolute Gasteiger partial charge is 0.308 e. The van der Waals surface area contributed by atoms with Crippen LogP contribution in [0, 0.1) is 5.92 Å². The molecule has 0 heterocycles. The summed E-state index contributed by atoms with van der Waals surface area (Å²) in [4.78, 5) is 11.3. The Kier molecular flexibility index (Phi) is 22.3. The fourth-order valence-electron chi connectivity index (χ4n) is 3.70. The van der Waals surface area contributed by atoms with Gasteiger partial charge in [0.25, 0.3) is 0 Å². The molecule has 168 valence electrons. The maximum Gasteiger partial charge on any atom is 0.308 e. The van der Waals surface area contributed by atoms with Crippen LogP contribution in [0.2, 0.25) is 0 Å². The monoisotopic (exact) mass is 396 g/mol. The first-order valence-corrected chi connectivity index (χ1v) is 12.8. The van der Waals surface area contributed by atoms with Crippen LogP contribution in [0.4, 0.5) is 0 Å². The van der Waals surface area contributed by atoms with E-state index in [-0.39, 0.29) is 11.9 Å². The summed E-state index contributed by atoms with van der Waals surface area (Å²) < 4.78 is 5.20. The summed E-state index contributed by atoms with van der Waals surface area (Å²) in [6, 6.07) is 0. The highest BCUT2D eigenvalue weighted by Crippen LogP contribution is 2.14. The molecule has 0 radical (unpaired) electrons. The van der Waals surface area contributed by atoms with Gasteiger partial charge in [0.2, 0.25) is 0 Å². The van der Waals surface area contributed by atoms with Crippen LogP contribution < -0.4 is 0 Å². The zero-order chi connectivity index (χ0) is 20.7. The van der Waals surface area contributed by atoms with Gasteiger partial charge >= 0.3 is 5.97 Å². The van der Waals surface area contributed by atoms with Crippen LogP contribution >= 0.6 is 0 Å². The maximum atomic E-state index is 11.3. The van der Waals surface area contributed by atoms with E-state index in [1.54, 1.807) is 0 Å². The topological polar surface area (TPSA) is 26.3 Å². The summed E-state index contributed by atoms with van der Waals surface area (Å²) in [7, 11) is 0. The molecule has 0 spiro atoms. The SMILES string of the molecule is CCCCCCCCCCCCCCCCCCCCCCOC(=O)C(C)C. The second-order valence-corrected chi connectivity index (χ2v) is 9.04. The number of rotatable bonds is 22.